The summed E-state index contributed by atoms with van der Waals surface area (Å²) in [6, 6.07) is 26.3. The van der Waals surface area contributed by atoms with Crippen LogP contribution in [0.1, 0.15) is 43.2 Å². The van der Waals surface area contributed by atoms with Gasteiger partial charge in [0, 0.05) is 30.3 Å². The van der Waals surface area contributed by atoms with Crippen LogP contribution < -0.4 is 15.0 Å². The smallest absolute Gasteiger partial charge is 0.174 e. The van der Waals surface area contributed by atoms with Gasteiger partial charge in [-0.15, -0.1) is 0 Å². The van der Waals surface area contributed by atoms with Crippen molar-refractivity contribution in [2.45, 2.75) is 32.0 Å². The topological polar surface area (TPSA) is 42.3 Å². The second-order valence-corrected chi connectivity index (χ2v) is 8.78. The Morgan fingerprint density at radius 1 is 0.909 bits per heavy atom. The lowest BCUT2D eigenvalue weighted by Crippen LogP contribution is -2.29. The molecular formula is C27H26N4OS. The molecule has 5 nitrogen and oxygen atoms in total. The highest BCUT2D eigenvalue weighted by molar-refractivity contribution is 7.80. The summed E-state index contributed by atoms with van der Waals surface area (Å²) in [5, 5.41) is 4.20. The standard InChI is InChI=1S/C27H26N4OS/c1-19(2)30-17-15-20(18-30)26-25(24-10-6-7-16-28-24)29-27(33)31(26)21-11-13-23(14-12-21)32-22-8-4-3-5-9-22/h3-19,25-26H,1-2H3,(H,29,33). The molecule has 1 aliphatic heterocycles. The van der Waals surface area contributed by atoms with Gasteiger partial charge in [-0.1, -0.05) is 24.3 Å². The number of hydrogen-bond acceptors (Lipinski definition) is 3. The molecule has 4 aromatic rings. The molecule has 166 valence electrons. The molecule has 0 amide bonds. The van der Waals surface area contributed by atoms with Crippen molar-refractivity contribution in [3.63, 3.8) is 0 Å². The van der Waals surface area contributed by atoms with Crippen LogP contribution in [0.15, 0.2) is 97.5 Å². The minimum Gasteiger partial charge on any atom is -0.457 e. The fourth-order valence-electron chi connectivity index (χ4n) is 4.20. The molecular weight excluding hydrogens is 428 g/mol. The van der Waals surface area contributed by atoms with Crippen LogP contribution in [0.5, 0.6) is 11.5 Å². The van der Waals surface area contributed by atoms with Crippen LogP contribution in [0.25, 0.3) is 0 Å². The molecule has 0 spiro atoms. The summed E-state index contributed by atoms with van der Waals surface area (Å²) in [7, 11) is 0. The molecule has 0 radical (unpaired) electrons. The Bertz CT molecular complexity index is 1220. The van der Waals surface area contributed by atoms with E-state index in [2.05, 4.69) is 64.2 Å². The number of nitrogens with one attached hydrogen (secondary N) is 1. The molecule has 3 heterocycles. The van der Waals surface area contributed by atoms with Crippen LogP contribution in [0.4, 0.5) is 5.69 Å². The van der Waals surface area contributed by atoms with Crippen LogP contribution in [0, 0.1) is 0 Å². The van der Waals surface area contributed by atoms with Crippen LogP contribution in [0.2, 0.25) is 0 Å². The maximum Gasteiger partial charge on any atom is 0.174 e. The Labute approximate surface area is 199 Å². The number of rotatable bonds is 6. The number of thiocarbonyl (C=S) groups is 1. The Morgan fingerprint density at radius 3 is 2.30 bits per heavy atom. The van der Waals surface area contributed by atoms with E-state index in [4.69, 9.17) is 17.0 Å². The zero-order valence-electron chi connectivity index (χ0n) is 18.6. The lowest BCUT2D eigenvalue weighted by atomic mass is 9.98. The van der Waals surface area contributed by atoms with Gasteiger partial charge in [-0.3, -0.25) is 4.98 Å². The molecule has 2 atom stereocenters. The van der Waals surface area contributed by atoms with E-state index in [0.717, 1.165) is 22.9 Å². The van der Waals surface area contributed by atoms with Crippen LogP contribution in [0.3, 0.4) is 0 Å². The summed E-state index contributed by atoms with van der Waals surface area (Å²) in [5.74, 6) is 1.60. The molecule has 2 aromatic carbocycles. The Hall–Kier alpha value is -3.64. The number of nitrogens with zero attached hydrogens (tertiary/aromatic N) is 3. The SMILES string of the molecule is CC(C)n1ccc(C2C(c3ccccn3)NC(=S)N2c2ccc(Oc3ccccc3)cc2)c1. The van der Waals surface area contributed by atoms with Gasteiger partial charge in [0.1, 0.15) is 11.5 Å². The lowest BCUT2D eigenvalue weighted by Gasteiger charge is -2.27. The van der Waals surface area contributed by atoms with E-state index in [1.807, 2.05) is 66.9 Å². The molecule has 2 aromatic heterocycles. The lowest BCUT2D eigenvalue weighted by molar-refractivity contribution is 0.482. The molecule has 0 aliphatic carbocycles. The molecule has 6 heteroatoms. The highest BCUT2D eigenvalue weighted by atomic mass is 32.1. The number of aromatic nitrogens is 2. The van der Waals surface area contributed by atoms with Gasteiger partial charge in [0.25, 0.3) is 0 Å². The second kappa shape index (κ2) is 9.08. The monoisotopic (exact) mass is 454 g/mol. The average molecular weight is 455 g/mol. The van der Waals surface area contributed by atoms with Gasteiger partial charge >= 0.3 is 0 Å². The van der Waals surface area contributed by atoms with Crippen molar-refractivity contribution < 1.29 is 4.74 Å². The van der Waals surface area contributed by atoms with Gasteiger partial charge in [-0.25, -0.2) is 0 Å². The third-order valence-electron chi connectivity index (χ3n) is 5.87. The molecule has 33 heavy (non-hydrogen) atoms. The summed E-state index contributed by atoms with van der Waals surface area (Å²) >= 11 is 5.82. The zero-order chi connectivity index (χ0) is 22.8. The number of pyridine rings is 1. The number of anilines is 1. The molecule has 1 aliphatic rings. The number of ether oxygens (including phenoxy) is 1. The van der Waals surface area contributed by atoms with E-state index >= 15 is 0 Å². The van der Waals surface area contributed by atoms with Crippen LogP contribution >= 0.6 is 12.2 Å². The predicted octanol–water partition coefficient (Wildman–Crippen LogP) is 6.43. The molecule has 0 bridgehead atoms. The van der Waals surface area contributed by atoms with E-state index in [0.29, 0.717) is 11.2 Å². The first-order valence-corrected chi connectivity index (χ1v) is 11.5. The first kappa shape index (κ1) is 21.2. The highest BCUT2D eigenvalue weighted by Crippen LogP contribution is 2.42. The van der Waals surface area contributed by atoms with Crippen molar-refractivity contribution in [1.29, 1.82) is 0 Å². The summed E-state index contributed by atoms with van der Waals surface area (Å²) in [6.45, 7) is 4.36. The first-order valence-electron chi connectivity index (χ1n) is 11.1. The van der Waals surface area contributed by atoms with Crippen molar-refractivity contribution in [1.82, 2.24) is 14.9 Å². The Kier molecular flexibility index (Phi) is 5.84. The molecule has 0 saturated carbocycles. The fraction of sp³-hybridized carbons (Fsp3) is 0.185. The molecule has 5 rings (SSSR count). The first-order chi connectivity index (χ1) is 16.1. The fourth-order valence-corrected chi connectivity index (χ4v) is 4.54. The molecule has 1 N–H and O–H groups in total. The van der Waals surface area contributed by atoms with Crippen molar-refractivity contribution in [2.75, 3.05) is 4.90 Å². The summed E-state index contributed by atoms with van der Waals surface area (Å²) in [5.41, 5.74) is 3.17. The van der Waals surface area contributed by atoms with Gasteiger partial charge in [0.05, 0.1) is 17.8 Å². The van der Waals surface area contributed by atoms with E-state index in [9.17, 15) is 0 Å². The van der Waals surface area contributed by atoms with Crippen LogP contribution in [-0.4, -0.2) is 14.7 Å². The Balaban J connectivity index is 1.49. The highest BCUT2D eigenvalue weighted by Gasteiger charge is 2.41. The van der Waals surface area contributed by atoms with E-state index in [-0.39, 0.29) is 12.1 Å². The summed E-state index contributed by atoms with van der Waals surface area (Å²) in [4.78, 5) is 6.81. The Morgan fingerprint density at radius 2 is 1.64 bits per heavy atom. The van der Waals surface area contributed by atoms with Crippen molar-refractivity contribution in [2.24, 2.45) is 0 Å². The van der Waals surface area contributed by atoms with Crippen molar-refractivity contribution in [3.05, 3.63) is 109 Å². The summed E-state index contributed by atoms with van der Waals surface area (Å²) in [6.07, 6.45) is 6.17. The average Bonchev–Trinajstić information content (AvgIpc) is 3.46. The molecule has 1 fully saturated rings. The van der Waals surface area contributed by atoms with Gasteiger partial charge in [-0.05, 0) is 86.2 Å². The van der Waals surface area contributed by atoms with Gasteiger partial charge in [0.15, 0.2) is 5.11 Å². The van der Waals surface area contributed by atoms with Gasteiger partial charge in [0.2, 0.25) is 0 Å². The largest absolute Gasteiger partial charge is 0.457 e. The predicted molar refractivity (Wildman–Crippen MR) is 136 cm³/mol. The van der Waals surface area contributed by atoms with E-state index in [1.165, 1.54) is 5.56 Å². The number of benzene rings is 2. The quantitative estimate of drug-likeness (QED) is 0.340. The maximum absolute atomic E-state index is 5.97. The zero-order valence-corrected chi connectivity index (χ0v) is 19.4. The second-order valence-electron chi connectivity index (χ2n) is 8.39. The van der Waals surface area contributed by atoms with Crippen molar-refractivity contribution >= 4 is 23.0 Å². The minimum absolute atomic E-state index is 0.0201. The van der Waals surface area contributed by atoms with Crippen LogP contribution in [-0.2, 0) is 0 Å². The van der Waals surface area contributed by atoms with Gasteiger partial charge < -0.3 is 19.5 Å². The minimum atomic E-state index is -0.0537. The molecule has 2 unspecified atom stereocenters. The number of hydrogen-bond donors (Lipinski definition) is 1. The van der Waals surface area contributed by atoms with Crippen molar-refractivity contribution in [3.8, 4) is 11.5 Å². The normalized spacial score (nSPS) is 17.9. The third-order valence-corrected chi connectivity index (χ3v) is 6.18. The number of para-hydroxylation sites is 1. The maximum atomic E-state index is 5.97. The molecule has 1 saturated heterocycles. The third kappa shape index (κ3) is 4.34. The van der Waals surface area contributed by atoms with E-state index in [1.54, 1.807) is 0 Å². The van der Waals surface area contributed by atoms with Gasteiger partial charge in [-0.2, -0.15) is 0 Å². The summed E-state index contributed by atoms with van der Waals surface area (Å²) < 4.78 is 8.20. The van der Waals surface area contributed by atoms with E-state index < -0.39 is 0 Å².